The van der Waals surface area contributed by atoms with Gasteiger partial charge in [0, 0.05) is 12.3 Å². The normalized spacial score (nSPS) is 11.9. The van der Waals surface area contributed by atoms with Gasteiger partial charge in [0.15, 0.2) is 0 Å². The van der Waals surface area contributed by atoms with Crippen molar-refractivity contribution in [3.8, 4) is 17.4 Å². The zero-order valence-electron chi connectivity index (χ0n) is 14.1. The topological polar surface area (TPSA) is 48.4 Å². The van der Waals surface area contributed by atoms with Gasteiger partial charge >= 0.3 is 12.1 Å². The number of pyridine rings is 1. The fourth-order valence-corrected chi connectivity index (χ4v) is 1.91. The number of hydrogen-bond acceptors (Lipinski definition) is 4. The molecule has 2 rings (SSSR count). The minimum atomic E-state index is -4.44. The van der Waals surface area contributed by atoms with Crippen LogP contribution in [0.1, 0.15) is 32.8 Å². The molecule has 25 heavy (non-hydrogen) atoms. The van der Waals surface area contributed by atoms with Crippen LogP contribution in [0.15, 0.2) is 42.6 Å². The first-order chi connectivity index (χ1) is 11.5. The number of esters is 1. The van der Waals surface area contributed by atoms with Gasteiger partial charge in [-0.1, -0.05) is 20.8 Å². The monoisotopic (exact) mass is 353 g/mol. The van der Waals surface area contributed by atoms with Gasteiger partial charge in [-0.05, 0) is 35.7 Å². The largest absolute Gasteiger partial charge is 0.439 e. The maximum atomic E-state index is 12.5. The van der Waals surface area contributed by atoms with Gasteiger partial charge in [-0.2, -0.15) is 13.2 Å². The minimum absolute atomic E-state index is 0.0328. The summed E-state index contributed by atoms with van der Waals surface area (Å²) >= 11 is 0. The smallest absolute Gasteiger partial charge is 0.417 e. The Labute approximate surface area is 143 Å². The zero-order valence-corrected chi connectivity index (χ0v) is 14.1. The van der Waals surface area contributed by atoms with Crippen LogP contribution in [0.3, 0.4) is 0 Å². The van der Waals surface area contributed by atoms with Crippen molar-refractivity contribution in [1.29, 1.82) is 0 Å². The van der Waals surface area contributed by atoms with Gasteiger partial charge in [0.2, 0.25) is 5.88 Å². The Morgan fingerprint density at radius 1 is 1.00 bits per heavy atom. The molecule has 0 aliphatic rings. The molecule has 0 aliphatic heterocycles. The van der Waals surface area contributed by atoms with Gasteiger partial charge in [0.1, 0.15) is 11.5 Å². The molecule has 1 aromatic carbocycles. The second-order valence-corrected chi connectivity index (χ2v) is 6.67. The van der Waals surface area contributed by atoms with Crippen molar-refractivity contribution >= 4 is 5.97 Å². The van der Waals surface area contributed by atoms with Crippen LogP contribution in [-0.4, -0.2) is 11.0 Å². The van der Waals surface area contributed by atoms with Gasteiger partial charge < -0.3 is 9.47 Å². The third-order valence-corrected chi connectivity index (χ3v) is 3.02. The Bertz CT molecular complexity index is 717. The molecule has 0 spiro atoms. The number of hydrogen-bond donors (Lipinski definition) is 0. The molecular formula is C18H18F3NO3. The van der Waals surface area contributed by atoms with E-state index in [0.29, 0.717) is 17.7 Å². The summed E-state index contributed by atoms with van der Waals surface area (Å²) in [6.45, 7) is 5.80. The van der Waals surface area contributed by atoms with Crippen molar-refractivity contribution < 1.29 is 27.4 Å². The number of carbonyl (C=O) groups is 1. The standard InChI is InChI=1S/C18H18F3NO3/c1-17(2,3)10-16(23)25-14-7-5-13(6-8-14)24-15-9-4-12(11-22-15)18(19,20)21/h4-9,11H,10H2,1-3H3. The van der Waals surface area contributed by atoms with E-state index in [9.17, 15) is 18.0 Å². The molecule has 4 nitrogen and oxygen atoms in total. The highest BCUT2D eigenvalue weighted by atomic mass is 19.4. The molecule has 0 N–H and O–H groups in total. The number of ether oxygens (including phenoxy) is 2. The highest BCUT2D eigenvalue weighted by Crippen LogP contribution is 2.30. The average molecular weight is 353 g/mol. The average Bonchev–Trinajstić information content (AvgIpc) is 2.47. The van der Waals surface area contributed by atoms with Crippen molar-refractivity contribution in [2.45, 2.75) is 33.4 Å². The number of halogens is 3. The molecule has 0 bridgehead atoms. The Hall–Kier alpha value is -2.57. The van der Waals surface area contributed by atoms with Crippen LogP contribution in [0.4, 0.5) is 13.2 Å². The van der Waals surface area contributed by atoms with Gasteiger partial charge in [-0.25, -0.2) is 4.98 Å². The summed E-state index contributed by atoms with van der Waals surface area (Å²) < 4.78 is 48.0. The number of carbonyl (C=O) groups excluding carboxylic acids is 1. The van der Waals surface area contributed by atoms with Crippen molar-refractivity contribution in [2.75, 3.05) is 0 Å². The first-order valence-electron chi connectivity index (χ1n) is 7.55. The molecule has 0 radical (unpaired) electrons. The SMILES string of the molecule is CC(C)(C)CC(=O)Oc1ccc(Oc2ccc(C(F)(F)F)cn2)cc1. The van der Waals surface area contributed by atoms with E-state index in [1.165, 1.54) is 0 Å². The van der Waals surface area contributed by atoms with Crippen LogP contribution in [-0.2, 0) is 11.0 Å². The maximum Gasteiger partial charge on any atom is 0.417 e. The summed E-state index contributed by atoms with van der Waals surface area (Å²) in [5, 5.41) is 0. The number of aromatic nitrogens is 1. The molecule has 7 heteroatoms. The van der Waals surface area contributed by atoms with Crippen molar-refractivity contribution in [3.05, 3.63) is 48.2 Å². The van der Waals surface area contributed by atoms with E-state index in [-0.39, 0.29) is 23.7 Å². The fraction of sp³-hybridized carbons (Fsp3) is 0.333. The van der Waals surface area contributed by atoms with Crippen LogP contribution >= 0.6 is 0 Å². The number of alkyl halides is 3. The summed E-state index contributed by atoms with van der Waals surface area (Å²) in [6, 6.07) is 8.20. The van der Waals surface area contributed by atoms with Gasteiger partial charge in [0.25, 0.3) is 0 Å². The third-order valence-electron chi connectivity index (χ3n) is 3.02. The molecule has 0 aliphatic carbocycles. The molecule has 1 aromatic heterocycles. The van der Waals surface area contributed by atoms with Crippen LogP contribution < -0.4 is 9.47 Å². The lowest BCUT2D eigenvalue weighted by molar-refractivity contribution is -0.138. The van der Waals surface area contributed by atoms with E-state index >= 15 is 0 Å². The predicted octanol–water partition coefficient (Wildman–Crippen LogP) is 5.23. The molecule has 0 saturated heterocycles. The third kappa shape index (κ3) is 6.10. The molecule has 0 saturated carbocycles. The van der Waals surface area contributed by atoms with E-state index in [1.807, 2.05) is 20.8 Å². The Morgan fingerprint density at radius 2 is 1.60 bits per heavy atom. The van der Waals surface area contributed by atoms with Gasteiger partial charge in [-0.15, -0.1) is 0 Å². The lowest BCUT2D eigenvalue weighted by Crippen LogP contribution is -2.17. The zero-order chi connectivity index (χ0) is 18.7. The Morgan fingerprint density at radius 3 is 2.08 bits per heavy atom. The number of benzene rings is 1. The lowest BCUT2D eigenvalue weighted by atomic mass is 9.92. The molecule has 1 heterocycles. The van der Waals surface area contributed by atoms with Gasteiger partial charge in [0.05, 0.1) is 12.0 Å². The van der Waals surface area contributed by atoms with E-state index in [0.717, 1.165) is 12.1 Å². The second kappa shape index (κ2) is 7.13. The van der Waals surface area contributed by atoms with Crippen molar-refractivity contribution in [1.82, 2.24) is 4.98 Å². The summed E-state index contributed by atoms with van der Waals surface area (Å²) in [7, 11) is 0. The Kier molecular flexibility index (Phi) is 5.35. The van der Waals surface area contributed by atoms with E-state index in [1.54, 1.807) is 24.3 Å². The van der Waals surface area contributed by atoms with E-state index in [4.69, 9.17) is 9.47 Å². The first-order valence-corrected chi connectivity index (χ1v) is 7.55. The summed E-state index contributed by atoms with van der Waals surface area (Å²) in [5.74, 6) is 0.418. The van der Waals surface area contributed by atoms with Crippen molar-refractivity contribution in [2.24, 2.45) is 5.41 Å². The predicted molar refractivity (Wildman–Crippen MR) is 85.5 cm³/mol. The van der Waals surface area contributed by atoms with E-state index < -0.39 is 11.7 Å². The van der Waals surface area contributed by atoms with Crippen LogP contribution in [0, 0.1) is 5.41 Å². The van der Waals surface area contributed by atoms with Gasteiger partial charge in [-0.3, -0.25) is 4.79 Å². The van der Waals surface area contributed by atoms with E-state index in [2.05, 4.69) is 4.98 Å². The molecule has 0 amide bonds. The van der Waals surface area contributed by atoms with Crippen LogP contribution in [0.5, 0.6) is 17.4 Å². The molecular weight excluding hydrogens is 335 g/mol. The molecule has 0 atom stereocenters. The number of rotatable bonds is 4. The summed E-state index contributed by atoms with van der Waals surface area (Å²) in [4.78, 5) is 15.4. The molecule has 0 fully saturated rings. The second-order valence-electron chi connectivity index (χ2n) is 6.67. The van der Waals surface area contributed by atoms with Crippen molar-refractivity contribution in [3.63, 3.8) is 0 Å². The van der Waals surface area contributed by atoms with Crippen LogP contribution in [0.25, 0.3) is 0 Å². The highest BCUT2D eigenvalue weighted by Gasteiger charge is 2.30. The Balaban J connectivity index is 1.97. The highest BCUT2D eigenvalue weighted by molar-refractivity contribution is 5.73. The summed E-state index contributed by atoms with van der Waals surface area (Å²) in [5.41, 5.74) is -1.02. The number of nitrogens with zero attached hydrogens (tertiary/aromatic N) is 1. The first kappa shape index (κ1) is 18.8. The maximum absolute atomic E-state index is 12.5. The minimum Gasteiger partial charge on any atom is -0.439 e. The fourth-order valence-electron chi connectivity index (χ4n) is 1.91. The molecule has 0 unspecified atom stereocenters. The quantitative estimate of drug-likeness (QED) is 0.557. The molecule has 134 valence electrons. The lowest BCUT2D eigenvalue weighted by Gasteiger charge is -2.16. The summed E-state index contributed by atoms with van der Waals surface area (Å²) in [6.07, 6.45) is -3.46. The van der Waals surface area contributed by atoms with Crippen LogP contribution in [0.2, 0.25) is 0 Å². The molecule has 2 aromatic rings.